The molecule has 1 amide bonds. The smallest absolute Gasteiger partial charge is 0.350 e. The fraction of sp³-hybridized carbons (Fsp3) is 0.188. The summed E-state index contributed by atoms with van der Waals surface area (Å²) in [6.45, 7) is 0.123. The molecule has 0 saturated carbocycles. The summed E-state index contributed by atoms with van der Waals surface area (Å²) in [4.78, 5) is 11.9. The second-order valence-corrected chi connectivity index (χ2v) is 4.80. The molecule has 1 atom stereocenters. The molecular formula is C16H15F3N2O. The van der Waals surface area contributed by atoms with Gasteiger partial charge in [0.15, 0.2) is 0 Å². The third kappa shape index (κ3) is 4.08. The molecule has 0 aliphatic heterocycles. The highest BCUT2D eigenvalue weighted by atomic mass is 19.4. The molecule has 0 fully saturated rings. The van der Waals surface area contributed by atoms with Crippen molar-refractivity contribution in [3.63, 3.8) is 0 Å². The summed E-state index contributed by atoms with van der Waals surface area (Å²) in [7, 11) is 0. The Morgan fingerprint density at radius 1 is 1.05 bits per heavy atom. The number of rotatable bonds is 4. The molecule has 0 bridgehead atoms. The summed E-state index contributed by atoms with van der Waals surface area (Å²) in [5.41, 5.74) is 6.35. The first-order valence-electron chi connectivity index (χ1n) is 6.62. The molecule has 2 aromatic carbocycles. The van der Waals surface area contributed by atoms with Crippen LogP contribution in [0.1, 0.15) is 22.7 Å². The van der Waals surface area contributed by atoms with Gasteiger partial charge in [0.2, 0.25) is 5.91 Å². The molecule has 22 heavy (non-hydrogen) atoms. The van der Waals surface area contributed by atoms with Gasteiger partial charge in [0.25, 0.3) is 0 Å². The van der Waals surface area contributed by atoms with Crippen LogP contribution in [0.5, 0.6) is 0 Å². The summed E-state index contributed by atoms with van der Waals surface area (Å²) < 4.78 is 37.3. The summed E-state index contributed by atoms with van der Waals surface area (Å²) >= 11 is 0. The largest absolute Gasteiger partial charge is 0.416 e. The fourth-order valence-electron chi connectivity index (χ4n) is 1.92. The zero-order valence-corrected chi connectivity index (χ0v) is 11.6. The molecule has 3 N–H and O–H groups in total. The van der Waals surface area contributed by atoms with E-state index in [0.717, 1.165) is 12.1 Å². The van der Waals surface area contributed by atoms with Crippen molar-refractivity contribution in [2.75, 3.05) is 0 Å². The maximum absolute atomic E-state index is 12.4. The first-order chi connectivity index (χ1) is 10.4. The van der Waals surface area contributed by atoms with Gasteiger partial charge >= 0.3 is 6.18 Å². The van der Waals surface area contributed by atoms with Gasteiger partial charge in [-0.3, -0.25) is 4.79 Å². The van der Waals surface area contributed by atoms with E-state index in [9.17, 15) is 18.0 Å². The van der Waals surface area contributed by atoms with E-state index in [1.807, 2.05) is 6.07 Å². The topological polar surface area (TPSA) is 55.1 Å². The molecule has 0 aliphatic rings. The lowest BCUT2D eigenvalue weighted by Crippen LogP contribution is -2.33. The normalized spacial score (nSPS) is 12.7. The Hall–Kier alpha value is -2.34. The first-order valence-corrected chi connectivity index (χ1v) is 6.62. The molecule has 0 saturated heterocycles. The lowest BCUT2D eigenvalue weighted by atomic mass is 10.1. The number of benzene rings is 2. The van der Waals surface area contributed by atoms with E-state index in [2.05, 4.69) is 5.32 Å². The Labute approximate surface area is 125 Å². The molecule has 0 radical (unpaired) electrons. The number of carbonyl (C=O) groups excluding carboxylic acids is 1. The average Bonchev–Trinajstić information content (AvgIpc) is 2.52. The van der Waals surface area contributed by atoms with Gasteiger partial charge < -0.3 is 11.1 Å². The number of hydrogen-bond acceptors (Lipinski definition) is 2. The monoisotopic (exact) mass is 308 g/mol. The summed E-state index contributed by atoms with van der Waals surface area (Å²) in [5.74, 6) is -0.383. The van der Waals surface area contributed by atoms with Crippen molar-refractivity contribution in [2.45, 2.75) is 18.8 Å². The van der Waals surface area contributed by atoms with Crippen LogP contribution in [0.4, 0.5) is 13.2 Å². The van der Waals surface area contributed by atoms with Crippen LogP contribution in [0.2, 0.25) is 0 Å². The molecule has 116 valence electrons. The van der Waals surface area contributed by atoms with Crippen LogP contribution in [0.25, 0.3) is 0 Å². The van der Waals surface area contributed by atoms with Crippen molar-refractivity contribution in [3.8, 4) is 0 Å². The predicted molar refractivity (Wildman–Crippen MR) is 76.7 cm³/mol. The third-order valence-corrected chi connectivity index (χ3v) is 3.19. The van der Waals surface area contributed by atoms with Crippen LogP contribution >= 0.6 is 0 Å². The molecule has 3 nitrogen and oxygen atoms in total. The SMILES string of the molecule is NC(C(=O)NCc1ccc(C(F)(F)F)cc1)c1ccccc1. The van der Waals surface area contributed by atoms with Crippen LogP contribution in [-0.4, -0.2) is 5.91 Å². The van der Waals surface area contributed by atoms with Gasteiger partial charge in [0.1, 0.15) is 6.04 Å². The highest BCUT2D eigenvalue weighted by molar-refractivity contribution is 5.82. The summed E-state index contributed by atoms with van der Waals surface area (Å²) in [6, 6.07) is 12.7. The van der Waals surface area contributed by atoms with E-state index in [4.69, 9.17) is 5.73 Å². The maximum Gasteiger partial charge on any atom is 0.416 e. The van der Waals surface area contributed by atoms with Crippen molar-refractivity contribution in [3.05, 3.63) is 71.3 Å². The predicted octanol–water partition coefficient (Wildman–Crippen LogP) is 3.02. The van der Waals surface area contributed by atoms with Crippen LogP contribution in [0.3, 0.4) is 0 Å². The van der Waals surface area contributed by atoms with Gasteiger partial charge in [-0.25, -0.2) is 0 Å². The highest BCUT2D eigenvalue weighted by Gasteiger charge is 2.29. The third-order valence-electron chi connectivity index (χ3n) is 3.19. The minimum absolute atomic E-state index is 0.123. The Morgan fingerprint density at radius 2 is 1.64 bits per heavy atom. The van der Waals surface area contributed by atoms with Gasteiger partial charge in [-0.2, -0.15) is 13.2 Å². The highest BCUT2D eigenvalue weighted by Crippen LogP contribution is 2.29. The lowest BCUT2D eigenvalue weighted by Gasteiger charge is -2.13. The number of hydrogen-bond donors (Lipinski definition) is 2. The molecule has 1 unspecified atom stereocenters. The number of nitrogens with one attached hydrogen (secondary N) is 1. The molecule has 0 aliphatic carbocycles. The molecule has 0 heterocycles. The van der Waals surface area contributed by atoms with E-state index < -0.39 is 17.8 Å². The van der Waals surface area contributed by atoms with Gasteiger partial charge in [0.05, 0.1) is 5.56 Å². The van der Waals surface area contributed by atoms with Gasteiger partial charge in [-0.15, -0.1) is 0 Å². The molecular weight excluding hydrogens is 293 g/mol. The van der Waals surface area contributed by atoms with E-state index in [1.54, 1.807) is 24.3 Å². The average molecular weight is 308 g/mol. The summed E-state index contributed by atoms with van der Waals surface area (Å²) in [5, 5.41) is 2.61. The minimum Gasteiger partial charge on any atom is -0.350 e. The molecule has 6 heteroatoms. The number of carbonyl (C=O) groups is 1. The second kappa shape index (κ2) is 6.62. The van der Waals surface area contributed by atoms with Gasteiger partial charge in [-0.1, -0.05) is 42.5 Å². The molecule has 0 aromatic heterocycles. The van der Waals surface area contributed by atoms with Crippen molar-refractivity contribution >= 4 is 5.91 Å². The number of alkyl halides is 3. The zero-order valence-electron chi connectivity index (χ0n) is 11.6. The van der Waals surface area contributed by atoms with Crippen LogP contribution in [0, 0.1) is 0 Å². The molecule has 2 rings (SSSR count). The van der Waals surface area contributed by atoms with Crippen molar-refractivity contribution in [1.82, 2.24) is 5.32 Å². The van der Waals surface area contributed by atoms with E-state index in [0.29, 0.717) is 11.1 Å². The van der Waals surface area contributed by atoms with Gasteiger partial charge in [-0.05, 0) is 23.3 Å². The zero-order chi connectivity index (χ0) is 16.2. The Kier molecular flexibility index (Phi) is 4.82. The quantitative estimate of drug-likeness (QED) is 0.912. The Morgan fingerprint density at radius 3 is 2.18 bits per heavy atom. The summed E-state index contributed by atoms with van der Waals surface area (Å²) in [6.07, 6.45) is -4.36. The number of amides is 1. The maximum atomic E-state index is 12.4. The fourth-order valence-corrected chi connectivity index (χ4v) is 1.92. The Bertz CT molecular complexity index is 624. The molecule has 2 aromatic rings. The van der Waals surface area contributed by atoms with Crippen LogP contribution in [0.15, 0.2) is 54.6 Å². The second-order valence-electron chi connectivity index (χ2n) is 4.80. The first kappa shape index (κ1) is 16.0. The van der Waals surface area contributed by atoms with Crippen molar-refractivity contribution in [1.29, 1.82) is 0 Å². The molecule has 0 spiro atoms. The van der Waals surface area contributed by atoms with E-state index >= 15 is 0 Å². The number of nitrogens with two attached hydrogens (primary N) is 1. The van der Waals surface area contributed by atoms with Crippen LogP contribution in [-0.2, 0) is 17.5 Å². The van der Waals surface area contributed by atoms with Crippen molar-refractivity contribution < 1.29 is 18.0 Å². The minimum atomic E-state index is -4.36. The van der Waals surface area contributed by atoms with Gasteiger partial charge in [0, 0.05) is 6.54 Å². The van der Waals surface area contributed by atoms with Crippen LogP contribution < -0.4 is 11.1 Å². The Balaban J connectivity index is 1.94. The van der Waals surface area contributed by atoms with E-state index in [1.165, 1.54) is 12.1 Å². The standard InChI is InChI=1S/C16H15F3N2O/c17-16(18,19)13-8-6-11(7-9-13)10-21-15(22)14(20)12-4-2-1-3-5-12/h1-9,14H,10,20H2,(H,21,22). The lowest BCUT2D eigenvalue weighted by molar-refractivity contribution is -0.137. The van der Waals surface area contributed by atoms with Crippen molar-refractivity contribution in [2.24, 2.45) is 5.73 Å². The number of halogens is 3. The van der Waals surface area contributed by atoms with E-state index in [-0.39, 0.29) is 12.5 Å².